The number of halogens is 1. The van der Waals surface area contributed by atoms with Gasteiger partial charge in [-0.3, -0.25) is 4.90 Å². The highest BCUT2D eigenvalue weighted by Gasteiger charge is 2.43. The minimum atomic E-state index is -0.180. The van der Waals surface area contributed by atoms with Crippen LogP contribution in [0.4, 0.5) is 10.1 Å². The summed E-state index contributed by atoms with van der Waals surface area (Å²) in [5, 5.41) is 9.37. The van der Waals surface area contributed by atoms with E-state index in [1.165, 1.54) is 25.0 Å². The number of aliphatic hydroxyl groups is 1. The molecule has 1 N–H and O–H groups in total. The zero-order valence-corrected chi connectivity index (χ0v) is 11.2. The lowest BCUT2D eigenvalue weighted by atomic mass is 10.1. The van der Waals surface area contributed by atoms with Gasteiger partial charge in [-0.15, -0.1) is 0 Å². The van der Waals surface area contributed by atoms with Gasteiger partial charge in [0.15, 0.2) is 0 Å². The molecule has 104 valence electrons. The zero-order valence-electron chi connectivity index (χ0n) is 11.2. The van der Waals surface area contributed by atoms with E-state index >= 15 is 0 Å². The van der Waals surface area contributed by atoms with Crippen LogP contribution in [0.5, 0.6) is 0 Å². The van der Waals surface area contributed by atoms with Gasteiger partial charge in [0, 0.05) is 50.4 Å². The van der Waals surface area contributed by atoms with E-state index in [2.05, 4.69) is 9.80 Å². The van der Waals surface area contributed by atoms with E-state index in [4.69, 9.17) is 0 Å². The fraction of sp³-hybridized carbons (Fsp3) is 0.600. The molecule has 1 aliphatic heterocycles. The van der Waals surface area contributed by atoms with Crippen molar-refractivity contribution >= 4 is 5.69 Å². The molecule has 19 heavy (non-hydrogen) atoms. The Bertz CT molecular complexity index is 422. The molecule has 1 saturated heterocycles. The van der Waals surface area contributed by atoms with Crippen molar-refractivity contribution in [1.82, 2.24) is 4.90 Å². The van der Waals surface area contributed by atoms with Crippen molar-refractivity contribution in [2.75, 3.05) is 44.2 Å². The molecule has 1 aromatic carbocycles. The van der Waals surface area contributed by atoms with Crippen molar-refractivity contribution in [2.45, 2.75) is 12.8 Å². The number of hydrogen-bond acceptors (Lipinski definition) is 3. The highest BCUT2D eigenvalue weighted by molar-refractivity contribution is 5.46. The number of aliphatic hydroxyl groups excluding tert-OH is 1. The lowest BCUT2D eigenvalue weighted by Gasteiger charge is -2.37. The first-order chi connectivity index (χ1) is 9.21. The molecule has 0 radical (unpaired) electrons. The van der Waals surface area contributed by atoms with E-state index in [0.29, 0.717) is 6.61 Å². The highest BCUT2D eigenvalue weighted by Crippen LogP contribution is 2.45. The van der Waals surface area contributed by atoms with Crippen LogP contribution >= 0.6 is 0 Å². The van der Waals surface area contributed by atoms with E-state index in [-0.39, 0.29) is 11.2 Å². The van der Waals surface area contributed by atoms with Gasteiger partial charge in [0.25, 0.3) is 0 Å². The molecule has 0 aromatic heterocycles. The molecule has 4 heteroatoms. The molecule has 0 spiro atoms. The third-order valence-corrected chi connectivity index (χ3v) is 4.42. The van der Waals surface area contributed by atoms with Crippen LogP contribution in [0.2, 0.25) is 0 Å². The quantitative estimate of drug-likeness (QED) is 0.897. The average molecular weight is 264 g/mol. The van der Waals surface area contributed by atoms with Crippen molar-refractivity contribution < 1.29 is 9.50 Å². The highest BCUT2D eigenvalue weighted by atomic mass is 19.1. The molecule has 0 bridgehead atoms. The Balaban J connectivity index is 1.53. The summed E-state index contributed by atoms with van der Waals surface area (Å²) in [7, 11) is 0. The molecule has 1 aliphatic carbocycles. The van der Waals surface area contributed by atoms with Crippen LogP contribution in [-0.2, 0) is 0 Å². The number of nitrogens with zero attached hydrogens (tertiary/aromatic N) is 2. The second-order valence-corrected chi connectivity index (χ2v) is 5.90. The number of hydrogen-bond donors (Lipinski definition) is 1. The summed E-state index contributed by atoms with van der Waals surface area (Å²) in [4.78, 5) is 4.75. The molecule has 1 heterocycles. The molecule has 1 saturated carbocycles. The summed E-state index contributed by atoms with van der Waals surface area (Å²) in [6.07, 6.45) is 2.34. The summed E-state index contributed by atoms with van der Waals surface area (Å²) in [5.41, 5.74) is 1.31. The summed E-state index contributed by atoms with van der Waals surface area (Å²) < 4.78 is 12.9. The molecule has 1 aromatic rings. The van der Waals surface area contributed by atoms with Gasteiger partial charge < -0.3 is 10.0 Å². The lowest BCUT2D eigenvalue weighted by molar-refractivity contribution is 0.144. The molecule has 2 fully saturated rings. The number of piperazine rings is 1. The van der Waals surface area contributed by atoms with Gasteiger partial charge in [-0.1, -0.05) is 0 Å². The van der Waals surface area contributed by atoms with E-state index < -0.39 is 0 Å². The second-order valence-electron chi connectivity index (χ2n) is 5.90. The maximum absolute atomic E-state index is 12.9. The Kier molecular flexibility index (Phi) is 3.46. The maximum Gasteiger partial charge on any atom is 0.123 e. The molecule has 3 rings (SSSR count). The fourth-order valence-electron chi connectivity index (χ4n) is 2.83. The van der Waals surface area contributed by atoms with Crippen LogP contribution < -0.4 is 4.90 Å². The van der Waals surface area contributed by atoms with Crippen molar-refractivity contribution in [1.29, 1.82) is 0 Å². The first kappa shape index (κ1) is 12.9. The summed E-state index contributed by atoms with van der Waals surface area (Å²) in [6.45, 7) is 5.37. The van der Waals surface area contributed by atoms with Crippen molar-refractivity contribution in [3.8, 4) is 0 Å². The lowest BCUT2D eigenvalue weighted by Crippen LogP contribution is -2.48. The van der Waals surface area contributed by atoms with E-state index in [0.717, 1.165) is 38.4 Å². The molecule has 3 nitrogen and oxygen atoms in total. The largest absolute Gasteiger partial charge is 0.396 e. The van der Waals surface area contributed by atoms with Crippen LogP contribution in [0, 0.1) is 11.2 Å². The van der Waals surface area contributed by atoms with Gasteiger partial charge in [-0.25, -0.2) is 4.39 Å². The number of benzene rings is 1. The van der Waals surface area contributed by atoms with Crippen LogP contribution in [0.3, 0.4) is 0 Å². The topological polar surface area (TPSA) is 26.7 Å². The molecular formula is C15H21FN2O. The summed E-state index contributed by atoms with van der Waals surface area (Å²) in [6, 6.07) is 6.74. The standard InChI is InChI=1S/C15H21FN2O/c16-13-1-3-14(4-2-13)18-9-7-17(8-10-18)11-15(12-19)5-6-15/h1-4,19H,5-12H2. The van der Waals surface area contributed by atoms with Gasteiger partial charge in [0.2, 0.25) is 0 Å². The Morgan fingerprint density at radius 2 is 1.68 bits per heavy atom. The van der Waals surface area contributed by atoms with Crippen molar-refractivity contribution in [3.05, 3.63) is 30.1 Å². The summed E-state index contributed by atoms with van der Waals surface area (Å²) >= 11 is 0. The fourth-order valence-corrected chi connectivity index (χ4v) is 2.83. The Morgan fingerprint density at radius 3 is 2.21 bits per heavy atom. The van der Waals surface area contributed by atoms with Crippen LogP contribution in [0.15, 0.2) is 24.3 Å². The van der Waals surface area contributed by atoms with E-state index in [1.54, 1.807) is 0 Å². The second kappa shape index (κ2) is 5.10. The molecular weight excluding hydrogens is 243 g/mol. The Hall–Kier alpha value is -1.13. The normalized spacial score (nSPS) is 22.5. The zero-order chi connectivity index (χ0) is 13.3. The first-order valence-corrected chi connectivity index (χ1v) is 7.05. The van der Waals surface area contributed by atoms with E-state index in [9.17, 15) is 9.50 Å². The van der Waals surface area contributed by atoms with Gasteiger partial charge in [-0.2, -0.15) is 0 Å². The predicted octanol–water partition coefficient (Wildman–Crippen LogP) is 1.72. The van der Waals surface area contributed by atoms with Crippen LogP contribution in [0.25, 0.3) is 0 Å². The van der Waals surface area contributed by atoms with Crippen LogP contribution in [0.1, 0.15) is 12.8 Å². The maximum atomic E-state index is 12.9. The van der Waals surface area contributed by atoms with Gasteiger partial charge >= 0.3 is 0 Å². The van der Waals surface area contributed by atoms with E-state index in [1.807, 2.05) is 12.1 Å². The Morgan fingerprint density at radius 1 is 1.05 bits per heavy atom. The molecule has 0 unspecified atom stereocenters. The number of anilines is 1. The first-order valence-electron chi connectivity index (χ1n) is 7.05. The monoisotopic (exact) mass is 264 g/mol. The molecule has 0 atom stereocenters. The Labute approximate surface area is 113 Å². The minimum Gasteiger partial charge on any atom is -0.396 e. The van der Waals surface area contributed by atoms with Crippen molar-refractivity contribution in [3.63, 3.8) is 0 Å². The van der Waals surface area contributed by atoms with Crippen LogP contribution in [-0.4, -0.2) is 49.3 Å². The summed E-state index contributed by atoms with van der Waals surface area (Å²) in [5.74, 6) is -0.180. The third-order valence-electron chi connectivity index (χ3n) is 4.42. The van der Waals surface area contributed by atoms with Gasteiger partial charge in [0.1, 0.15) is 5.82 Å². The minimum absolute atomic E-state index is 0.180. The third kappa shape index (κ3) is 2.90. The van der Waals surface area contributed by atoms with Crippen molar-refractivity contribution in [2.24, 2.45) is 5.41 Å². The number of rotatable bonds is 4. The predicted molar refractivity (Wildman–Crippen MR) is 73.8 cm³/mol. The SMILES string of the molecule is OCC1(CN2CCN(c3ccc(F)cc3)CC2)CC1. The molecule has 2 aliphatic rings. The molecule has 0 amide bonds. The van der Waals surface area contributed by atoms with Gasteiger partial charge in [-0.05, 0) is 37.1 Å². The smallest absolute Gasteiger partial charge is 0.123 e. The van der Waals surface area contributed by atoms with Gasteiger partial charge in [0.05, 0.1) is 0 Å². The average Bonchev–Trinajstić information content (AvgIpc) is 3.21.